The number of aryl methyl sites for hydroxylation is 2. The van der Waals surface area contributed by atoms with Crippen molar-refractivity contribution >= 4 is 32.1 Å². The minimum atomic E-state index is 1.30. The van der Waals surface area contributed by atoms with E-state index in [9.17, 15) is 0 Å². The molecule has 0 bridgehead atoms. The summed E-state index contributed by atoms with van der Waals surface area (Å²) >= 11 is 4.05. The molecule has 0 aliphatic rings. The average Bonchev–Trinajstić information content (AvgIpc) is 3.48. The molecule has 0 aliphatic heterocycles. The molecule has 2 heteroatoms. The van der Waals surface area contributed by atoms with Gasteiger partial charge in [0.1, 0.15) is 0 Å². The van der Waals surface area contributed by atoms with E-state index in [-0.39, 0.29) is 0 Å². The molecular formula is C34H60S2. The van der Waals surface area contributed by atoms with Crippen molar-refractivity contribution in [1.82, 2.24) is 0 Å². The van der Waals surface area contributed by atoms with Crippen LogP contribution in [0.4, 0.5) is 0 Å². The topological polar surface area (TPSA) is 0 Å². The van der Waals surface area contributed by atoms with E-state index in [0.29, 0.717) is 0 Å². The van der Waals surface area contributed by atoms with Crippen molar-refractivity contribution in [1.29, 1.82) is 0 Å². The number of unbranched alkanes of at least 4 members (excludes halogenated alkanes) is 22. The predicted molar refractivity (Wildman–Crippen MR) is 169 cm³/mol. The van der Waals surface area contributed by atoms with Crippen LogP contribution in [0.15, 0.2) is 10.8 Å². The van der Waals surface area contributed by atoms with E-state index in [4.69, 9.17) is 0 Å². The summed E-state index contributed by atoms with van der Waals surface area (Å²) in [4.78, 5) is 0. The molecule has 0 N–H and O–H groups in total. The van der Waals surface area contributed by atoms with Gasteiger partial charge in [-0.3, -0.25) is 0 Å². The van der Waals surface area contributed by atoms with Crippen molar-refractivity contribution < 1.29 is 0 Å². The van der Waals surface area contributed by atoms with Gasteiger partial charge in [0, 0.05) is 9.40 Å². The minimum Gasteiger partial charge on any atom is -0.142 e. The van der Waals surface area contributed by atoms with Crippen molar-refractivity contribution in [2.45, 2.75) is 181 Å². The Morgan fingerprint density at radius 2 is 0.611 bits per heavy atom. The van der Waals surface area contributed by atoms with Gasteiger partial charge in [-0.25, -0.2) is 0 Å². The standard InChI is InChI=1S/C34H60S2/c1-3-5-7-9-11-13-15-17-19-21-23-25-27-31-29-35-34-32(30-36-33(31)34)28-26-24-22-20-18-16-14-12-10-8-6-4-2/h29-30H,3-28H2,1-2H3. The maximum atomic E-state index is 2.48. The molecule has 0 saturated heterocycles. The normalized spacial score (nSPS) is 11.7. The van der Waals surface area contributed by atoms with E-state index in [0.717, 1.165) is 0 Å². The quantitative estimate of drug-likeness (QED) is 0.106. The van der Waals surface area contributed by atoms with Gasteiger partial charge in [0.25, 0.3) is 0 Å². The van der Waals surface area contributed by atoms with E-state index in [2.05, 4.69) is 24.6 Å². The van der Waals surface area contributed by atoms with E-state index >= 15 is 0 Å². The Kier molecular flexibility index (Phi) is 20.0. The zero-order chi connectivity index (χ0) is 25.5. The summed E-state index contributed by atoms with van der Waals surface area (Å²) in [6, 6.07) is 0. The van der Waals surface area contributed by atoms with Crippen LogP contribution in [0, 0.1) is 0 Å². The van der Waals surface area contributed by atoms with Crippen molar-refractivity contribution in [3.8, 4) is 0 Å². The molecule has 36 heavy (non-hydrogen) atoms. The highest BCUT2D eigenvalue weighted by Gasteiger charge is 2.10. The number of thiophene rings is 2. The summed E-state index contributed by atoms with van der Waals surface area (Å²) < 4.78 is 3.24. The lowest BCUT2D eigenvalue weighted by Crippen LogP contribution is -1.85. The highest BCUT2D eigenvalue weighted by Crippen LogP contribution is 2.36. The third kappa shape index (κ3) is 14.6. The second-order valence-corrected chi connectivity index (χ2v) is 13.2. The van der Waals surface area contributed by atoms with E-state index in [1.807, 2.05) is 22.7 Å². The molecule has 0 fully saturated rings. The number of fused-ring (bicyclic) bond motifs is 1. The van der Waals surface area contributed by atoms with Crippen LogP contribution in [-0.4, -0.2) is 0 Å². The monoisotopic (exact) mass is 532 g/mol. The highest BCUT2D eigenvalue weighted by atomic mass is 32.1. The Morgan fingerprint density at radius 1 is 0.361 bits per heavy atom. The molecule has 2 rings (SSSR count). The third-order valence-electron chi connectivity index (χ3n) is 8.03. The Balaban J connectivity index is 1.45. The minimum absolute atomic E-state index is 1.30. The summed E-state index contributed by atoms with van der Waals surface area (Å²) in [5.74, 6) is 0. The Hall–Kier alpha value is -0.340. The molecule has 2 aromatic rings. The fourth-order valence-electron chi connectivity index (χ4n) is 5.58. The van der Waals surface area contributed by atoms with Gasteiger partial charge in [0.15, 0.2) is 0 Å². The molecule has 0 spiro atoms. The average molecular weight is 533 g/mol. The molecule has 0 saturated carbocycles. The molecule has 0 amide bonds. The van der Waals surface area contributed by atoms with Gasteiger partial charge in [-0.2, -0.15) is 0 Å². The lowest BCUT2D eigenvalue weighted by atomic mass is 10.0. The lowest BCUT2D eigenvalue weighted by Gasteiger charge is -2.03. The van der Waals surface area contributed by atoms with Crippen molar-refractivity contribution in [2.75, 3.05) is 0 Å². The molecule has 0 radical (unpaired) electrons. The molecule has 2 heterocycles. The molecule has 0 aromatic carbocycles. The Bertz CT molecular complexity index is 663. The van der Waals surface area contributed by atoms with Gasteiger partial charge in [0.2, 0.25) is 0 Å². The van der Waals surface area contributed by atoms with Crippen LogP contribution in [0.1, 0.15) is 179 Å². The summed E-state index contributed by atoms with van der Waals surface area (Å²) in [5, 5.41) is 4.96. The fraction of sp³-hybridized carbons (Fsp3) is 0.824. The maximum Gasteiger partial charge on any atom is 0.0485 e. The SMILES string of the molecule is CCCCCCCCCCCCCCc1csc2c(CCCCCCCCCCCCCC)csc12. The number of rotatable bonds is 26. The third-order valence-corrected chi connectivity index (χ3v) is 10.4. The smallest absolute Gasteiger partial charge is 0.0485 e. The number of hydrogen-bond acceptors (Lipinski definition) is 2. The van der Waals surface area contributed by atoms with Crippen LogP contribution in [-0.2, 0) is 12.8 Å². The zero-order valence-electron chi connectivity index (χ0n) is 24.4. The second-order valence-electron chi connectivity index (χ2n) is 11.5. The summed E-state index contributed by atoms with van der Waals surface area (Å²) in [6.07, 6.45) is 37.2. The Morgan fingerprint density at radius 3 is 0.889 bits per heavy atom. The molecule has 0 aliphatic carbocycles. The van der Waals surface area contributed by atoms with Gasteiger partial charge in [-0.05, 0) is 47.6 Å². The number of hydrogen-bond donors (Lipinski definition) is 0. The van der Waals surface area contributed by atoms with E-state index in [1.54, 1.807) is 20.5 Å². The lowest BCUT2D eigenvalue weighted by molar-refractivity contribution is 0.544. The van der Waals surface area contributed by atoms with Crippen LogP contribution >= 0.6 is 22.7 Å². The molecule has 0 nitrogen and oxygen atoms in total. The van der Waals surface area contributed by atoms with Crippen LogP contribution in [0.3, 0.4) is 0 Å². The summed E-state index contributed by atoms with van der Waals surface area (Å²) in [6.45, 7) is 4.61. The van der Waals surface area contributed by atoms with Gasteiger partial charge < -0.3 is 0 Å². The summed E-state index contributed by atoms with van der Waals surface area (Å²) in [7, 11) is 0. The first-order valence-corrected chi connectivity index (χ1v) is 18.1. The highest BCUT2D eigenvalue weighted by molar-refractivity contribution is 7.26. The largest absolute Gasteiger partial charge is 0.142 e. The first-order chi connectivity index (χ1) is 17.9. The van der Waals surface area contributed by atoms with Crippen molar-refractivity contribution in [3.63, 3.8) is 0 Å². The molecule has 2 aromatic heterocycles. The van der Waals surface area contributed by atoms with Crippen LogP contribution in [0.2, 0.25) is 0 Å². The maximum absolute atomic E-state index is 2.48. The van der Waals surface area contributed by atoms with Gasteiger partial charge >= 0.3 is 0 Å². The Labute approximate surface area is 234 Å². The molecule has 0 unspecified atom stereocenters. The van der Waals surface area contributed by atoms with Gasteiger partial charge in [-0.15, -0.1) is 22.7 Å². The van der Waals surface area contributed by atoms with Crippen molar-refractivity contribution in [3.05, 3.63) is 21.9 Å². The van der Waals surface area contributed by atoms with Crippen LogP contribution in [0.5, 0.6) is 0 Å². The van der Waals surface area contributed by atoms with Crippen LogP contribution in [0.25, 0.3) is 9.40 Å². The second kappa shape index (κ2) is 22.6. The van der Waals surface area contributed by atoms with Gasteiger partial charge in [0.05, 0.1) is 0 Å². The fourth-order valence-corrected chi connectivity index (χ4v) is 8.11. The molecule has 208 valence electrons. The van der Waals surface area contributed by atoms with Gasteiger partial charge in [-0.1, -0.05) is 155 Å². The molecular weight excluding hydrogens is 473 g/mol. The summed E-state index contributed by atoms with van der Waals surface area (Å²) in [5.41, 5.74) is 3.29. The van der Waals surface area contributed by atoms with E-state index < -0.39 is 0 Å². The first kappa shape index (κ1) is 31.9. The zero-order valence-corrected chi connectivity index (χ0v) is 26.0. The van der Waals surface area contributed by atoms with Crippen LogP contribution < -0.4 is 0 Å². The van der Waals surface area contributed by atoms with Crippen molar-refractivity contribution in [2.24, 2.45) is 0 Å². The molecule has 0 atom stereocenters. The first-order valence-electron chi connectivity index (χ1n) is 16.3. The predicted octanol–water partition coefficient (Wildman–Crippen LogP) is 13.4. The van der Waals surface area contributed by atoms with E-state index in [1.165, 1.54) is 167 Å².